The van der Waals surface area contributed by atoms with E-state index in [1.54, 1.807) is 0 Å². The Morgan fingerprint density at radius 1 is 1.42 bits per heavy atom. The quantitative estimate of drug-likeness (QED) is 0.492. The van der Waals surface area contributed by atoms with E-state index in [-0.39, 0.29) is 30.1 Å². The van der Waals surface area contributed by atoms with E-state index in [2.05, 4.69) is 11.9 Å². The summed E-state index contributed by atoms with van der Waals surface area (Å²) >= 11 is 0. The van der Waals surface area contributed by atoms with Gasteiger partial charge < -0.3 is 14.8 Å². The number of nitro groups is 1. The molecule has 1 atom stereocenters. The van der Waals surface area contributed by atoms with Crippen molar-refractivity contribution < 1.29 is 19.2 Å². The Bertz CT molecular complexity index is 511. The molecule has 0 radical (unpaired) electrons. The Hall–Kier alpha value is -2.57. The molecule has 0 saturated carbocycles. The molecule has 1 unspecified atom stereocenters. The van der Waals surface area contributed by atoms with Gasteiger partial charge in [-0.25, -0.2) is 0 Å². The zero-order valence-corrected chi connectivity index (χ0v) is 10.00. The van der Waals surface area contributed by atoms with Gasteiger partial charge in [-0.15, -0.1) is 0 Å². The molecule has 1 aliphatic rings. The maximum Gasteiger partial charge on any atom is 0.277 e. The van der Waals surface area contributed by atoms with E-state index in [1.807, 2.05) is 0 Å². The summed E-state index contributed by atoms with van der Waals surface area (Å²) in [7, 11) is 0. The third-order valence-corrected chi connectivity index (χ3v) is 2.52. The Morgan fingerprint density at radius 3 is 2.63 bits per heavy atom. The van der Waals surface area contributed by atoms with Gasteiger partial charge in [0.1, 0.15) is 11.9 Å². The Kier molecular flexibility index (Phi) is 3.65. The SMILES string of the molecule is C=C(Oc1ccc([N+](=O)[O-])cc1)OC1CNC(=O)C1. The van der Waals surface area contributed by atoms with Gasteiger partial charge in [0.25, 0.3) is 11.6 Å². The van der Waals surface area contributed by atoms with Crippen molar-refractivity contribution in [2.75, 3.05) is 6.54 Å². The van der Waals surface area contributed by atoms with Crippen LogP contribution < -0.4 is 10.1 Å². The van der Waals surface area contributed by atoms with Crippen molar-refractivity contribution in [3.05, 3.63) is 46.9 Å². The number of non-ortho nitro benzene ring substituents is 1. The topological polar surface area (TPSA) is 90.7 Å². The number of benzene rings is 1. The lowest BCUT2D eigenvalue weighted by atomic mass is 10.3. The minimum atomic E-state index is -0.495. The molecule has 2 rings (SSSR count). The van der Waals surface area contributed by atoms with E-state index >= 15 is 0 Å². The number of ether oxygens (including phenoxy) is 2. The van der Waals surface area contributed by atoms with Gasteiger partial charge in [0.05, 0.1) is 17.9 Å². The van der Waals surface area contributed by atoms with E-state index in [9.17, 15) is 14.9 Å². The first kappa shape index (κ1) is 12.9. The second kappa shape index (κ2) is 5.38. The average molecular weight is 264 g/mol. The lowest BCUT2D eigenvalue weighted by Gasteiger charge is -2.14. The van der Waals surface area contributed by atoms with Crippen molar-refractivity contribution in [2.24, 2.45) is 0 Å². The largest absolute Gasteiger partial charge is 0.460 e. The second-order valence-electron chi connectivity index (χ2n) is 3.97. The highest BCUT2D eigenvalue weighted by Crippen LogP contribution is 2.20. The number of hydrogen-bond acceptors (Lipinski definition) is 5. The van der Waals surface area contributed by atoms with Crippen LogP contribution >= 0.6 is 0 Å². The number of carbonyl (C=O) groups excluding carboxylic acids is 1. The van der Waals surface area contributed by atoms with Gasteiger partial charge in [-0.3, -0.25) is 14.9 Å². The number of nitrogens with one attached hydrogen (secondary N) is 1. The first-order valence-corrected chi connectivity index (χ1v) is 5.59. The lowest BCUT2D eigenvalue weighted by Crippen LogP contribution is -2.18. The summed E-state index contributed by atoms with van der Waals surface area (Å²) < 4.78 is 10.6. The van der Waals surface area contributed by atoms with Crippen LogP contribution in [0.5, 0.6) is 5.75 Å². The Balaban J connectivity index is 1.88. The first-order chi connectivity index (χ1) is 9.04. The average Bonchev–Trinajstić information content (AvgIpc) is 2.75. The van der Waals surface area contributed by atoms with E-state index in [0.29, 0.717) is 12.3 Å². The molecule has 1 fully saturated rings. The maximum absolute atomic E-state index is 11.0. The predicted molar refractivity (Wildman–Crippen MR) is 65.4 cm³/mol. The summed E-state index contributed by atoms with van der Waals surface area (Å²) in [6.07, 6.45) is -0.0270. The highest BCUT2D eigenvalue weighted by molar-refractivity contribution is 5.78. The standard InChI is InChI=1S/C12H12N2O5/c1-8(19-11-6-12(15)13-7-11)18-10-4-2-9(3-5-10)14(16)17/h2-5,11H,1,6-7H2,(H,13,15). The zero-order valence-electron chi connectivity index (χ0n) is 10.00. The number of amides is 1. The lowest BCUT2D eigenvalue weighted by molar-refractivity contribution is -0.384. The molecule has 1 N–H and O–H groups in total. The number of nitrogens with zero attached hydrogens (tertiary/aromatic N) is 1. The smallest absolute Gasteiger partial charge is 0.277 e. The Labute approximate surface area is 109 Å². The molecule has 1 saturated heterocycles. The minimum Gasteiger partial charge on any atom is -0.460 e. The van der Waals surface area contributed by atoms with Crippen molar-refractivity contribution in [3.8, 4) is 5.75 Å². The molecular weight excluding hydrogens is 252 g/mol. The molecule has 19 heavy (non-hydrogen) atoms. The van der Waals surface area contributed by atoms with Crippen LogP contribution in [0.2, 0.25) is 0 Å². The Morgan fingerprint density at radius 2 is 2.11 bits per heavy atom. The summed E-state index contributed by atoms with van der Waals surface area (Å²) in [6, 6.07) is 5.54. The fraction of sp³-hybridized carbons (Fsp3) is 0.250. The molecule has 1 aliphatic heterocycles. The third kappa shape index (κ3) is 3.44. The molecule has 1 aromatic rings. The van der Waals surface area contributed by atoms with Gasteiger partial charge in [0.2, 0.25) is 5.91 Å². The van der Waals surface area contributed by atoms with Crippen molar-refractivity contribution in [3.63, 3.8) is 0 Å². The molecule has 7 heteroatoms. The van der Waals surface area contributed by atoms with Crippen molar-refractivity contribution in [1.82, 2.24) is 5.32 Å². The van der Waals surface area contributed by atoms with Crippen LogP contribution in [-0.4, -0.2) is 23.5 Å². The number of carbonyl (C=O) groups is 1. The van der Waals surface area contributed by atoms with Gasteiger partial charge in [-0.2, -0.15) is 0 Å². The molecule has 0 bridgehead atoms. The summed E-state index contributed by atoms with van der Waals surface area (Å²) in [5.74, 6) is 0.358. The van der Waals surface area contributed by atoms with Crippen LogP contribution in [-0.2, 0) is 9.53 Å². The molecule has 100 valence electrons. The van der Waals surface area contributed by atoms with E-state index < -0.39 is 4.92 Å². The third-order valence-electron chi connectivity index (χ3n) is 2.52. The second-order valence-corrected chi connectivity index (χ2v) is 3.97. The normalized spacial score (nSPS) is 17.7. The minimum absolute atomic E-state index is 0.0236. The molecule has 1 amide bonds. The van der Waals surface area contributed by atoms with E-state index in [1.165, 1.54) is 24.3 Å². The fourth-order valence-corrected chi connectivity index (χ4v) is 1.64. The van der Waals surface area contributed by atoms with Gasteiger partial charge in [-0.05, 0) is 18.7 Å². The van der Waals surface area contributed by atoms with Gasteiger partial charge in [-0.1, -0.05) is 0 Å². The molecule has 7 nitrogen and oxygen atoms in total. The molecule has 1 aromatic carbocycles. The van der Waals surface area contributed by atoms with Crippen molar-refractivity contribution >= 4 is 11.6 Å². The summed E-state index contributed by atoms with van der Waals surface area (Å²) in [4.78, 5) is 21.0. The van der Waals surface area contributed by atoms with Crippen LogP contribution in [0.25, 0.3) is 0 Å². The van der Waals surface area contributed by atoms with Gasteiger partial charge >= 0.3 is 0 Å². The van der Waals surface area contributed by atoms with Crippen LogP contribution in [0.3, 0.4) is 0 Å². The van der Waals surface area contributed by atoms with Gasteiger partial charge in [0.15, 0.2) is 0 Å². The number of hydrogen-bond donors (Lipinski definition) is 1. The monoisotopic (exact) mass is 264 g/mol. The van der Waals surface area contributed by atoms with Crippen LogP contribution in [0.4, 0.5) is 5.69 Å². The van der Waals surface area contributed by atoms with Crippen LogP contribution in [0.15, 0.2) is 36.8 Å². The highest BCUT2D eigenvalue weighted by Gasteiger charge is 2.23. The molecule has 1 heterocycles. The molecule has 0 aliphatic carbocycles. The summed E-state index contributed by atoms with van der Waals surface area (Å²) in [6.45, 7) is 4.00. The van der Waals surface area contributed by atoms with Crippen LogP contribution in [0, 0.1) is 10.1 Å². The van der Waals surface area contributed by atoms with Crippen LogP contribution in [0.1, 0.15) is 6.42 Å². The maximum atomic E-state index is 11.0. The predicted octanol–water partition coefficient (Wildman–Crippen LogP) is 1.35. The first-order valence-electron chi connectivity index (χ1n) is 5.59. The summed E-state index contributed by atoms with van der Waals surface area (Å²) in [5, 5.41) is 13.1. The van der Waals surface area contributed by atoms with Crippen molar-refractivity contribution in [1.29, 1.82) is 0 Å². The fourth-order valence-electron chi connectivity index (χ4n) is 1.64. The molecule has 0 aromatic heterocycles. The molecule has 0 spiro atoms. The van der Waals surface area contributed by atoms with Crippen molar-refractivity contribution in [2.45, 2.75) is 12.5 Å². The van der Waals surface area contributed by atoms with E-state index in [4.69, 9.17) is 9.47 Å². The van der Waals surface area contributed by atoms with E-state index in [0.717, 1.165) is 0 Å². The molecular formula is C12H12N2O5. The zero-order chi connectivity index (χ0) is 13.8. The number of rotatable bonds is 5. The highest BCUT2D eigenvalue weighted by atomic mass is 16.7. The van der Waals surface area contributed by atoms with Gasteiger partial charge in [0, 0.05) is 12.1 Å². The summed E-state index contributed by atoms with van der Waals surface area (Å²) in [5.41, 5.74) is -0.0236. The number of nitro benzene ring substituents is 1.